The Morgan fingerprint density at radius 1 is 1.07 bits per heavy atom. The van der Waals surface area contributed by atoms with Crippen molar-refractivity contribution in [1.29, 1.82) is 0 Å². The third-order valence-electron chi connectivity index (χ3n) is 6.52. The maximum atomic E-state index is 12.4. The molecule has 3 heterocycles. The summed E-state index contributed by atoms with van der Waals surface area (Å²) in [7, 11) is -3.15. The molecule has 0 aliphatic heterocycles. The Labute approximate surface area is 165 Å². The zero-order valence-electron chi connectivity index (χ0n) is 15.9. The van der Waals surface area contributed by atoms with E-state index in [4.69, 9.17) is 0 Å². The van der Waals surface area contributed by atoms with Crippen LogP contribution in [0.4, 0.5) is 0 Å². The van der Waals surface area contributed by atoms with Gasteiger partial charge in [-0.15, -0.1) is 0 Å². The fraction of sp³-hybridized carbons (Fsp3) is 0.524. The highest BCUT2D eigenvalue weighted by Crippen LogP contribution is 2.40. The molecule has 0 amide bonds. The van der Waals surface area contributed by atoms with E-state index in [-0.39, 0.29) is 17.7 Å². The molecule has 2 saturated carbocycles. The minimum absolute atomic E-state index is 0.183. The van der Waals surface area contributed by atoms with E-state index in [0.717, 1.165) is 61.5 Å². The van der Waals surface area contributed by atoms with Crippen LogP contribution in [0.2, 0.25) is 0 Å². The number of nitrogens with one attached hydrogen (secondary N) is 2. The van der Waals surface area contributed by atoms with Crippen LogP contribution in [0.3, 0.4) is 0 Å². The van der Waals surface area contributed by atoms with Gasteiger partial charge in [0, 0.05) is 29.2 Å². The van der Waals surface area contributed by atoms with E-state index in [2.05, 4.69) is 25.7 Å². The molecule has 0 saturated heterocycles. The fourth-order valence-corrected chi connectivity index (χ4v) is 6.60. The number of nitrogens with zero attached hydrogens (tertiary/aromatic N) is 2. The summed E-state index contributed by atoms with van der Waals surface area (Å²) in [5.74, 6) is 0.995. The van der Waals surface area contributed by atoms with Gasteiger partial charge >= 0.3 is 0 Å². The maximum Gasteiger partial charge on any atom is 0.212 e. The molecule has 2 N–H and O–H groups in total. The molecule has 5 rings (SSSR count). The number of fused-ring (bicyclic) bond motifs is 3. The number of aromatic nitrogens is 3. The number of rotatable bonds is 5. The van der Waals surface area contributed by atoms with Crippen molar-refractivity contribution in [2.24, 2.45) is 5.92 Å². The maximum absolute atomic E-state index is 12.4. The van der Waals surface area contributed by atoms with Crippen LogP contribution in [-0.2, 0) is 10.0 Å². The smallest absolute Gasteiger partial charge is 0.212 e. The van der Waals surface area contributed by atoms with Crippen molar-refractivity contribution < 1.29 is 8.42 Å². The summed E-state index contributed by atoms with van der Waals surface area (Å²) in [6, 6.07) is 4.39. The summed E-state index contributed by atoms with van der Waals surface area (Å²) in [5.41, 5.74) is 3.16. The normalized spacial score (nSPS) is 23.9. The molecule has 7 heteroatoms. The van der Waals surface area contributed by atoms with Gasteiger partial charge < -0.3 is 4.98 Å². The van der Waals surface area contributed by atoms with Crippen molar-refractivity contribution in [2.75, 3.05) is 5.75 Å². The average molecular weight is 399 g/mol. The third kappa shape index (κ3) is 3.42. The second-order valence-corrected chi connectivity index (χ2v) is 10.2. The molecule has 0 aromatic carbocycles. The highest BCUT2D eigenvalue weighted by atomic mass is 32.2. The SMILES string of the molecule is O=S(=O)(CC1CCC(c2cc[nH]c3cnc4nccc4c23)CC1)NC1CCC1. The Morgan fingerprint density at radius 3 is 2.64 bits per heavy atom. The molecule has 28 heavy (non-hydrogen) atoms. The van der Waals surface area contributed by atoms with Crippen LogP contribution in [-0.4, -0.2) is 35.2 Å². The van der Waals surface area contributed by atoms with Crippen molar-refractivity contribution in [2.45, 2.75) is 56.9 Å². The monoisotopic (exact) mass is 398 g/mol. The molecule has 0 radical (unpaired) electrons. The molecule has 0 atom stereocenters. The topological polar surface area (TPSA) is 87.7 Å². The summed E-state index contributed by atoms with van der Waals surface area (Å²) < 4.78 is 27.7. The first-order valence-electron chi connectivity index (χ1n) is 10.3. The molecule has 3 aromatic heterocycles. The van der Waals surface area contributed by atoms with Gasteiger partial charge in [0.2, 0.25) is 10.0 Å². The quantitative estimate of drug-likeness (QED) is 0.683. The van der Waals surface area contributed by atoms with Crippen molar-refractivity contribution in [3.63, 3.8) is 0 Å². The first-order valence-corrected chi connectivity index (χ1v) is 11.9. The number of aromatic amines is 1. The second kappa shape index (κ2) is 7.12. The van der Waals surface area contributed by atoms with Gasteiger partial charge in [-0.1, -0.05) is 6.42 Å². The van der Waals surface area contributed by atoms with Crippen LogP contribution in [0, 0.1) is 5.92 Å². The highest BCUT2D eigenvalue weighted by molar-refractivity contribution is 7.89. The Morgan fingerprint density at radius 2 is 1.89 bits per heavy atom. The van der Waals surface area contributed by atoms with Crippen LogP contribution < -0.4 is 4.72 Å². The molecular formula is C21H26N4O2S. The average Bonchev–Trinajstić information content (AvgIpc) is 3.14. The lowest BCUT2D eigenvalue weighted by molar-refractivity contribution is 0.344. The number of hydrogen-bond acceptors (Lipinski definition) is 4. The fourth-order valence-electron chi connectivity index (χ4n) is 4.80. The predicted molar refractivity (Wildman–Crippen MR) is 111 cm³/mol. The van der Waals surface area contributed by atoms with Gasteiger partial charge in [0.25, 0.3) is 0 Å². The van der Waals surface area contributed by atoms with Gasteiger partial charge in [0.1, 0.15) is 0 Å². The Balaban J connectivity index is 1.32. The summed E-state index contributed by atoms with van der Waals surface area (Å²) in [6.45, 7) is 0. The number of pyridine rings is 2. The van der Waals surface area contributed by atoms with Gasteiger partial charge in [-0.05, 0) is 68.1 Å². The minimum Gasteiger partial charge on any atom is -0.360 e. The van der Waals surface area contributed by atoms with Crippen molar-refractivity contribution in [3.8, 4) is 0 Å². The van der Waals surface area contributed by atoms with E-state index in [0.29, 0.717) is 5.92 Å². The van der Waals surface area contributed by atoms with Crippen molar-refractivity contribution in [3.05, 3.63) is 36.3 Å². The Bertz CT molecular complexity index is 1100. The van der Waals surface area contributed by atoms with E-state index in [1.807, 2.05) is 24.7 Å². The zero-order chi connectivity index (χ0) is 19.1. The number of hydrogen-bond donors (Lipinski definition) is 2. The largest absolute Gasteiger partial charge is 0.360 e. The van der Waals surface area contributed by atoms with E-state index in [1.54, 1.807) is 0 Å². The van der Waals surface area contributed by atoms with E-state index in [9.17, 15) is 8.42 Å². The van der Waals surface area contributed by atoms with Crippen LogP contribution >= 0.6 is 0 Å². The molecule has 2 aliphatic rings. The molecule has 2 fully saturated rings. The third-order valence-corrected chi connectivity index (χ3v) is 8.12. The molecular weight excluding hydrogens is 372 g/mol. The van der Waals surface area contributed by atoms with Crippen LogP contribution in [0.5, 0.6) is 0 Å². The van der Waals surface area contributed by atoms with Crippen molar-refractivity contribution >= 4 is 32.0 Å². The molecule has 148 valence electrons. The van der Waals surface area contributed by atoms with Gasteiger partial charge in [-0.3, -0.25) is 0 Å². The minimum atomic E-state index is -3.15. The first kappa shape index (κ1) is 18.1. The zero-order valence-corrected chi connectivity index (χ0v) is 16.7. The van der Waals surface area contributed by atoms with Crippen molar-refractivity contribution in [1.82, 2.24) is 19.7 Å². The van der Waals surface area contributed by atoms with E-state index in [1.165, 1.54) is 10.9 Å². The van der Waals surface area contributed by atoms with Gasteiger partial charge in [-0.2, -0.15) is 0 Å². The molecule has 3 aromatic rings. The molecule has 0 spiro atoms. The lowest BCUT2D eigenvalue weighted by atomic mass is 9.78. The summed E-state index contributed by atoms with van der Waals surface area (Å²) in [4.78, 5) is 12.1. The Kier molecular flexibility index (Phi) is 4.59. The summed E-state index contributed by atoms with van der Waals surface area (Å²) in [5, 5.41) is 2.31. The van der Waals surface area contributed by atoms with Gasteiger partial charge in [0.05, 0.1) is 17.5 Å². The predicted octanol–water partition coefficient (Wildman–Crippen LogP) is 3.86. The summed E-state index contributed by atoms with van der Waals surface area (Å²) >= 11 is 0. The van der Waals surface area contributed by atoms with E-state index >= 15 is 0 Å². The number of H-pyrrole nitrogens is 1. The molecule has 6 nitrogen and oxygen atoms in total. The summed E-state index contributed by atoms with van der Waals surface area (Å²) in [6.07, 6.45) is 12.8. The Hall–Kier alpha value is -1.99. The van der Waals surface area contributed by atoms with Crippen LogP contribution in [0.25, 0.3) is 21.9 Å². The lowest BCUT2D eigenvalue weighted by Gasteiger charge is -2.31. The van der Waals surface area contributed by atoms with Crippen LogP contribution in [0.15, 0.2) is 30.7 Å². The molecule has 0 bridgehead atoms. The first-order chi connectivity index (χ1) is 13.6. The van der Waals surface area contributed by atoms with Crippen LogP contribution in [0.1, 0.15) is 56.4 Å². The lowest BCUT2D eigenvalue weighted by Crippen LogP contribution is -2.42. The molecule has 0 unspecified atom stereocenters. The standard InChI is InChI=1S/C21H26N4O2S/c26-28(27,25-16-2-1-3-16)13-14-4-6-15(7-5-14)17-8-10-22-19-12-24-21-18(20(17)19)9-11-23-21/h8-12,14-16,22,25H,1-7,13H2. The number of sulfonamides is 1. The second-order valence-electron chi connectivity index (χ2n) is 8.41. The molecule has 2 aliphatic carbocycles. The highest BCUT2D eigenvalue weighted by Gasteiger charge is 2.30. The van der Waals surface area contributed by atoms with Gasteiger partial charge in [0.15, 0.2) is 5.65 Å². The van der Waals surface area contributed by atoms with E-state index < -0.39 is 10.0 Å². The van der Waals surface area contributed by atoms with Gasteiger partial charge in [-0.25, -0.2) is 23.1 Å².